The van der Waals surface area contributed by atoms with Crippen LogP contribution in [0.3, 0.4) is 0 Å². The zero-order valence-electron chi connectivity index (χ0n) is 6.17. The van der Waals surface area contributed by atoms with Gasteiger partial charge in [-0.1, -0.05) is 0 Å². The Labute approximate surface area is 78.2 Å². The van der Waals surface area contributed by atoms with Crippen molar-refractivity contribution in [3.05, 3.63) is 20.3 Å². The summed E-state index contributed by atoms with van der Waals surface area (Å²) in [5.74, 6) is 0. The third kappa shape index (κ3) is 2.02. The molecule has 0 radical (unpaired) electrons. The number of rotatable bonds is 2. The van der Waals surface area contributed by atoms with E-state index in [-0.39, 0.29) is 6.54 Å². The van der Waals surface area contributed by atoms with E-state index in [1.807, 2.05) is 13.0 Å². The van der Waals surface area contributed by atoms with Crippen LogP contribution in [0.25, 0.3) is 0 Å². The summed E-state index contributed by atoms with van der Waals surface area (Å²) in [5, 5.41) is 9.33. The van der Waals surface area contributed by atoms with Crippen molar-refractivity contribution in [1.29, 1.82) is 0 Å². The van der Waals surface area contributed by atoms with Gasteiger partial charge in [-0.05, 0) is 28.9 Å². The molecular formula is C7H10BrNOS. The first kappa shape index (κ1) is 9.19. The Balaban J connectivity index is 2.88. The molecule has 1 aromatic rings. The number of aryl methyl sites for hydroxylation is 1. The Kier molecular flexibility index (Phi) is 3.06. The number of nitrogens with two attached hydrogens (primary N) is 1. The highest BCUT2D eigenvalue weighted by Gasteiger charge is 2.09. The highest BCUT2D eigenvalue weighted by molar-refractivity contribution is 9.10. The summed E-state index contributed by atoms with van der Waals surface area (Å²) in [6, 6.07) is 1.91. The average molecular weight is 236 g/mol. The highest BCUT2D eigenvalue weighted by atomic mass is 79.9. The van der Waals surface area contributed by atoms with Gasteiger partial charge in [0.2, 0.25) is 0 Å². The van der Waals surface area contributed by atoms with Gasteiger partial charge in [-0.15, -0.1) is 11.3 Å². The van der Waals surface area contributed by atoms with Gasteiger partial charge in [0.15, 0.2) is 0 Å². The summed E-state index contributed by atoms with van der Waals surface area (Å²) in [6.45, 7) is 2.29. The maximum Gasteiger partial charge on any atom is 0.100 e. The predicted octanol–water partition coefficient (Wildman–Crippen LogP) is 1.81. The first-order chi connectivity index (χ1) is 5.15. The van der Waals surface area contributed by atoms with Crippen LogP contribution < -0.4 is 5.73 Å². The lowest BCUT2D eigenvalue weighted by Gasteiger charge is -2.01. The first-order valence-corrected chi connectivity index (χ1v) is 4.90. The number of hydrogen-bond donors (Lipinski definition) is 2. The van der Waals surface area contributed by atoms with Crippen molar-refractivity contribution in [2.75, 3.05) is 6.54 Å². The van der Waals surface area contributed by atoms with Crippen LogP contribution in [0.2, 0.25) is 0 Å². The Morgan fingerprint density at radius 3 is 2.82 bits per heavy atom. The molecule has 1 rings (SSSR count). The Bertz CT molecular complexity index is 229. The van der Waals surface area contributed by atoms with Crippen LogP contribution in [0.15, 0.2) is 10.5 Å². The molecule has 1 aromatic heterocycles. The summed E-state index contributed by atoms with van der Waals surface area (Å²) in [6.07, 6.45) is -0.509. The van der Waals surface area contributed by atoms with E-state index in [4.69, 9.17) is 5.73 Å². The first-order valence-electron chi connectivity index (χ1n) is 3.29. The van der Waals surface area contributed by atoms with Crippen molar-refractivity contribution in [2.45, 2.75) is 13.0 Å². The summed E-state index contributed by atoms with van der Waals surface area (Å²) in [5.41, 5.74) is 5.30. The van der Waals surface area contributed by atoms with Gasteiger partial charge in [0.1, 0.15) is 6.10 Å². The molecule has 4 heteroatoms. The summed E-state index contributed by atoms with van der Waals surface area (Å²) in [7, 11) is 0. The standard InChI is InChI=1S/C7H10BrNOS/c1-4-5(8)2-7(11-4)6(10)3-9/h2,6,10H,3,9H2,1H3. The van der Waals surface area contributed by atoms with E-state index in [0.717, 1.165) is 9.35 Å². The van der Waals surface area contributed by atoms with E-state index in [2.05, 4.69) is 15.9 Å². The average Bonchev–Trinajstić information content (AvgIpc) is 2.31. The molecular weight excluding hydrogens is 226 g/mol. The molecule has 0 amide bonds. The summed E-state index contributed by atoms with van der Waals surface area (Å²) in [4.78, 5) is 2.10. The fourth-order valence-corrected chi connectivity index (χ4v) is 2.32. The molecule has 1 unspecified atom stereocenters. The largest absolute Gasteiger partial charge is 0.386 e. The van der Waals surface area contributed by atoms with Crippen molar-refractivity contribution >= 4 is 27.3 Å². The fraction of sp³-hybridized carbons (Fsp3) is 0.429. The number of thiophene rings is 1. The van der Waals surface area contributed by atoms with Gasteiger partial charge in [-0.2, -0.15) is 0 Å². The number of halogens is 1. The Hall–Kier alpha value is 0.100. The highest BCUT2D eigenvalue weighted by Crippen LogP contribution is 2.29. The van der Waals surface area contributed by atoms with Gasteiger partial charge in [0.05, 0.1) is 0 Å². The lowest BCUT2D eigenvalue weighted by Crippen LogP contribution is -2.09. The zero-order chi connectivity index (χ0) is 8.43. The van der Waals surface area contributed by atoms with Crippen LogP contribution in [0, 0.1) is 6.92 Å². The van der Waals surface area contributed by atoms with Crippen LogP contribution in [0.4, 0.5) is 0 Å². The lowest BCUT2D eigenvalue weighted by molar-refractivity contribution is 0.190. The molecule has 0 aliphatic rings. The van der Waals surface area contributed by atoms with Crippen molar-refractivity contribution < 1.29 is 5.11 Å². The summed E-state index contributed by atoms with van der Waals surface area (Å²) < 4.78 is 1.05. The fourth-order valence-electron chi connectivity index (χ4n) is 0.762. The van der Waals surface area contributed by atoms with E-state index < -0.39 is 6.10 Å². The van der Waals surface area contributed by atoms with E-state index >= 15 is 0 Å². The van der Waals surface area contributed by atoms with E-state index in [9.17, 15) is 5.11 Å². The molecule has 1 atom stereocenters. The smallest absolute Gasteiger partial charge is 0.100 e. The van der Waals surface area contributed by atoms with Crippen molar-refractivity contribution in [2.24, 2.45) is 5.73 Å². The molecule has 0 bridgehead atoms. The number of aliphatic hydroxyl groups excluding tert-OH is 1. The van der Waals surface area contributed by atoms with Crippen molar-refractivity contribution in [3.8, 4) is 0 Å². The normalized spacial score (nSPS) is 13.5. The number of hydrogen-bond acceptors (Lipinski definition) is 3. The second kappa shape index (κ2) is 3.67. The summed E-state index contributed by atoms with van der Waals surface area (Å²) >= 11 is 4.94. The van der Waals surface area contributed by atoms with Crippen LogP contribution in [0.1, 0.15) is 15.9 Å². The van der Waals surface area contributed by atoms with Gasteiger partial charge in [0, 0.05) is 20.8 Å². The molecule has 1 heterocycles. The monoisotopic (exact) mass is 235 g/mol. The molecule has 62 valence electrons. The van der Waals surface area contributed by atoms with Crippen LogP contribution in [0.5, 0.6) is 0 Å². The van der Waals surface area contributed by atoms with Crippen molar-refractivity contribution in [3.63, 3.8) is 0 Å². The van der Waals surface area contributed by atoms with Crippen LogP contribution in [-0.4, -0.2) is 11.7 Å². The van der Waals surface area contributed by atoms with Gasteiger partial charge in [-0.25, -0.2) is 0 Å². The third-order valence-corrected chi connectivity index (χ3v) is 3.67. The maximum atomic E-state index is 9.33. The van der Waals surface area contributed by atoms with Crippen molar-refractivity contribution in [1.82, 2.24) is 0 Å². The Morgan fingerprint density at radius 2 is 2.45 bits per heavy atom. The predicted molar refractivity (Wildman–Crippen MR) is 50.8 cm³/mol. The van der Waals surface area contributed by atoms with Crippen LogP contribution in [-0.2, 0) is 0 Å². The number of aliphatic hydroxyl groups is 1. The molecule has 3 N–H and O–H groups in total. The van der Waals surface area contributed by atoms with Gasteiger partial charge >= 0.3 is 0 Å². The molecule has 0 aliphatic heterocycles. The van der Waals surface area contributed by atoms with E-state index in [1.54, 1.807) is 11.3 Å². The SMILES string of the molecule is Cc1sc(C(O)CN)cc1Br. The molecule has 0 aromatic carbocycles. The van der Waals surface area contributed by atoms with Gasteiger partial charge < -0.3 is 10.8 Å². The second-order valence-corrected chi connectivity index (χ2v) is 4.45. The van der Waals surface area contributed by atoms with E-state index in [1.165, 1.54) is 4.88 Å². The molecule has 2 nitrogen and oxygen atoms in total. The minimum Gasteiger partial charge on any atom is -0.386 e. The quantitative estimate of drug-likeness (QED) is 0.822. The van der Waals surface area contributed by atoms with Crippen LogP contribution >= 0.6 is 27.3 Å². The molecule has 0 spiro atoms. The molecule has 0 saturated carbocycles. The Morgan fingerprint density at radius 1 is 1.82 bits per heavy atom. The zero-order valence-corrected chi connectivity index (χ0v) is 8.58. The van der Waals surface area contributed by atoms with E-state index in [0.29, 0.717) is 0 Å². The third-order valence-electron chi connectivity index (χ3n) is 1.43. The topological polar surface area (TPSA) is 46.2 Å². The second-order valence-electron chi connectivity index (χ2n) is 2.30. The minimum atomic E-state index is -0.509. The molecule has 11 heavy (non-hydrogen) atoms. The maximum absolute atomic E-state index is 9.33. The molecule has 0 fully saturated rings. The minimum absolute atomic E-state index is 0.284. The van der Waals surface area contributed by atoms with Gasteiger partial charge in [-0.3, -0.25) is 0 Å². The molecule has 0 aliphatic carbocycles. The lowest BCUT2D eigenvalue weighted by atomic mass is 10.3. The molecule has 0 saturated heterocycles. The van der Waals surface area contributed by atoms with Gasteiger partial charge in [0.25, 0.3) is 0 Å².